The molecule has 0 radical (unpaired) electrons. The Hall–Kier alpha value is -3.99. The molecule has 0 aliphatic heterocycles. The average Bonchev–Trinajstić information content (AvgIpc) is 3.40. The first kappa shape index (κ1) is 30.5. The number of ether oxygens (including phenoxy) is 2. The first-order chi connectivity index (χ1) is 21.0. The average molecular weight is 580 g/mol. The van der Waals surface area contributed by atoms with Gasteiger partial charge in [0.15, 0.2) is 6.10 Å². The van der Waals surface area contributed by atoms with Crippen molar-refractivity contribution in [3.63, 3.8) is 0 Å². The van der Waals surface area contributed by atoms with Crippen molar-refractivity contribution >= 4 is 5.97 Å². The third kappa shape index (κ3) is 8.31. The van der Waals surface area contributed by atoms with E-state index in [0.29, 0.717) is 24.7 Å². The van der Waals surface area contributed by atoms with Gasteiger partial charge in [0.2, 0.25) is 0 Å². The number of carboxylic acid groups (broad SMARTS) is 1. The van der Waals surface area contributed by atoms with Gasteiger partial charge in [0.1, 0.15) is 11.5 Å². The summed E-state index contributed by atoms with van der Waals surface area (Å²) in [6, 6.07) is 30.3. The van der Waals surface area contributed by atoms with Crippen molar-refractivity contribution < 1.29 is 19.4 Å². The van der Waals surface area contributed by atoms with Crippen molar-refractivity contribution in [1.29, 1.82) is 0 Å². The molecule has 1 fully saturated rings. The van der Waals surface area contributed by atoms with Crippen LogP contribution in [0.5, 0.6) is 11.5 Å². The number of aliphatic carboxylic acids is 1. The van der Waals surface area contributed by atoms with Crippen LogP contribution in [0.2, 0.25) is 0 Å². The van der Waals surface area contributed by atoms with E-state index in [4.69, 9.17) is 9.47 Å². The van der Waals surface area contributed by atoms with Crippen LogP contribution in [0.3, 0.4) is 0 Å². The third-order valence-corrected chi connectivity index (χ3v) is 8.86. The van der Waals surface area contributed by atoms with Crippen LogP contribution in [0, 0.1) is 12.8 Å². The van der Waals surface area contributed by atoms with Gasteiger partial charge >= 0.3 is 5.97 Å². The lowest BCUT2D eigenvalue weighted by atomic mass is 9.77. The summed E-state index contributed by atoms with van der Waals surface area (Å²) in [5, 5.41) is 9.69. The van der Waals surface area contributed by atoms with E-state index in [1.807, 2.05) is 54.6 Å². The molecule has 0 bridgehead atoms. The lowest BCUT2D eigenvalue weighted by molar-refractivity contribution is -0.145. The molecule has 1 N–H and O–H groups in total. The van der Waals surface area contributed by atoms with Gasteiger partial charge in [-0.05, 0) is 116 Å². The predicted octanol–water partition coefficient (Wildman–Crippen LogP) is 9.08. The molecular formula is C38H45NO4. The predicted molar refractivity (Wildman–Crippen MR) is 173 cm³/mol. The Bertz CT molecular complexity index is 1420. The number of carboxylic acids is 1. The Morgan fingerprint density at radius 1 is 0.884 bits per heavy atom. The van der Waals surface area contributed by atoms with E-state index in [2.05, 4.69) is 54.8 Å². The van der Waals surface area contributed by atoms with Crippen LogP contribution in [0.4, 0.5) is 0 Å². The summed E-state index contributed by atoms with van der Waals surface area (Å²) in [5.74, 6) is 2.15. The van der Waals surface area contributed by atoms with Gasteiger partial charge < -0.3 is 19.1 Å². The fourth-order valence-electron chi connectivity index (χ4n) is 6.44. The van der Waals surface area contributed by atoms with Gasteiger partial charge in [0.05, 0.1) is 6.61 Å². The zero-order valence-corrected chi connectivity index (χ0v) is 25.6. The number of aromatic nitrogens is 1. The maximum Gasteiger partial charge on any atom is 0.345 e. The number of rotatable bonds is 14. The maximum absolute atomic E-state index is 11.8. The number of carbonyl (C=O) groups is 1. The lowest BCUT2D eigenvalue weighted by Crippen LogP contribution is -2.29. The number of hydrogen-bond acceptors (Lipinski definition) is 3. The molecule has 0 saturated heterocycles. The summed E-state index contributed by atoms with van der Waals surface area (Å²) >= 11 is 0. The van der Waals surface area contributed by atoms with Crippen LogP contribution in [0.1, 0.15) is 74.6 Å². The first-order valence-electron chi connectivity index (χ1n) is 15.9. The Morgan fingerprint density at radius 2 is 1.58 bits per heavy atom. The van der Waals surface area contributed by atoms with E-state index in [-0.39, 0.29) is 0 Å². The second-order valence-electron chi connectivity index (χ2n) is 11.9. The van der Waals surface area contributed by atoms with Gasteiger partial charge in [-0.3, -0.25) is 0 Å². The van der Waals surface area contributed by atoms with Crippen LogP contribution in [-0.4, -0.2) is 28.4 Å². The molecule has 0 amide bonds. The minimum absolute atomic E-state index is 0.312. The summed E-state index contributed by atoms with van der Waals surface area (Å²) in [5.41, 5.74) is 5.78. The first-order valence-corrected chi connectivity index (χ1v) is 15.9. The van der Waals surface area contributed by atoms with E-state index in [9.17, 15) is 9.90 Å². The van der Waals surface area contributed by atoms with E-state index < -0.39 is 12.1 Å². The molecule has 5 rings (SSSR count). The highest BCUT2D eigenvalue weighted by Crippen LogP contribution is 2.38. The molecular weight excluding hydrogens is 534 g/mol. The second-order valence-corrected chi connectivity index (χ2v) is 11.9. The largest absolute Gasteiger partial charge is 0.494 e. The summed E-state index contributed by atoms with van der Waals surface area (Å²) in [7, 11) is 0. The lowest BCUT2D eigenvalue weighted by Gasteiger charge is -2.28. The number of benzene rings is 3. The highest BCUT2D eigenvalue weighted by atomic mass is 16.5. The Morgan fingerprint density at radius 3 is 2.26 bits per heavy atom. The normalized spacial score (nSPS) is 17.3. The number of hydrogen-bond donors (Lipinski definition) is 1. The van der Waals surface area contributed by atoms with Gasteiger partial charge in [0, 0.05) is 24.4 Å². The minimum atomic E-state index is -0.972. The van der Waals surface area contributed by atoms with E-state index in [1.54, 1.807) is 0 Å². The highest BCUT2D eigenvalue weighted by Gasteiger charge is 2.22. The molecule has 226 valence electrons. The second kappa shape index (κ2) is 15.0. The zero-order valence-electron chi connectivity index (χ0n) is 25.6. The molecule has 5 nitrogen and oxygen atoms in total. The summed E-state index contributed by atoms with van der Waals surface area (Å²) < 4.78 is 14.3. The van der Waals surface area contributed by atoms with Crippen LogP contribution in [0.15, 0.2) is 91.0 Å². The van der Waals surface area contributed by atoms with Gasteiger partial charge in [-0.25, -0.2) is 4.79 Å². The Balaban J connectivity index is 1.12. The third-order valence-electron chi connectivity index (χ3n) is 8.86. The fourth-order valence-corrected chi connectivity index (χ4v) is 6.44. The molecule has 1 aromatic heterocycles. The van der Waals surface area contributed by atoms with Crippen molar-refractivity contribution in [2.24, 2.45) is 5.92 Å². The van der Waals surface area contributed by atoms with Crippen LogP contribution >= 0.6 is 0 Å². The van der Waals surface area contributed by atoms with Gasteiger partial charge in [0.25, 0.3) is 0 Å². The maximum atomic E-state index is 11.8. The van der Waals surface area contributed by atoms with Crippen LogP contribution < -0.4 is 9.47 Å². The molecule has 0 unspecified atom stereocenters. The molecule has 4 aromatic rings. The zero-order chi connectivity index (χ0) is 30.0. The van der Waals surface area contributed by atoms with Gasteiger partial charge in [-0.2, -0.15) is 0 Å². The highest BCUT2D eigenvalue weighted by molar-refractivity contribution is 5.73. The topological polar surface area (TPSA) is 60.7 Å². The van der Waals surface area contributed by atoms with Crippen molar-refractivity contribution in [2.45, 2.75) is 83.8 Å². The Labute approximate surface area is 256 Å². The van der Waals surface area contributed by atoms with E-state index in [1.165, 1.54) is 49.8 Å². The number of aryl methyl sites for hydroxylation is 1. The fraction of sp³-hybridized carbons (Fsp3) is 0.395. The minimum Gasteiger partial charge on any atom is -0.494 e. The van der Waals surface area contributed by atoms with E-state index in [0.717, 1.165) is 41.5 Å². The van der Waals surface area contributed by atoms with E-state index >= 15 is 0 Å². The molecule has 43 heavy (non-hydrogen) atoms. The molecule has 1 aliphatic carbocycles. The summed E-state index contributed by atoms with van der Waals surface area (Å²) in [6.45, 7) is 5.93. The van der Waals surface area contributed by atoms with Crippen molar-refractivity contribution in [1.82, 2.24) is 4.57 Å². The Kier molecular flexibility index (Phi) is 10.6. The van der Waals surface area contributed by atoms with Crippen molar-refractivity contribution in [2.75, 3.05) is 6.61 Å². The summed E-state index contributed by atoms with van der Waals surface area (Å²) in [4.78, 5) is 11.8. The molecule has 1 atom stereocenters. The number of nitrogens with zero attached hydrogens (tertiary/aromatic N) is 1. The van der Waals surface area contributed by atoms with Gasteiger partial charge in [-0.15, -0.1) is 0 Å². The standard InChI is InChI=1S/C38H45NO4/c1-3-8-29-12-14-31(15-13-29)32-16-20-34(21-17-32)42-26-7-25-39-28(2)11-24-36(39)33-18-22-35(23-19-33)43-37(38(40)41)27-30-9-5-4-6-10-30/h4-6,9-11,16-24,29,31,37H,3,7-8,12-15,25-27H2,1-2H3,(H,40,41)/t29?,31?,37-/m1/s1. The summed E-state index contributed by atoms with van der Waals surface area (Å²) in [6.07, 6.45) is 8.33. The van der Waals surface area contributed by atoms with Crippen molar-refractivity contribution in [3.8, 4) is 22.8 Å². The molecule has 5 heteroatoms. The SMILES string of the molecule is CCCC1CCC(c2ccc(OCCCn3c(C)ccc3-c3ccc(O[C@H](Cc4ccccc4)C(=O)O)cc3)cc2)CC1. The molecule has 0 spiro atoms. The molecule has 1 saturated carbocycles. The molecule has 1 aliphatic rings. The van der Waals surface area contributed by atoms with Crippen LogP contribution in [-0.2, 0) is 17.8 Å². The van der Waals surface area contributed by atoms with Crippen molar-refractivity contribution in [3.05, 3.63) is 108 Å². The monoisotopic (exact) mass is 579 g/mol. The van der Waals surface area contributed by atoms with Crippen LogP contribution in [0.25, 0.3) is 11.3 Å². The molecule has 3 aromatic carbocycles. The quantitative estimate of drug-likeness (QED) is 0.151. The molecule has 1 heterocycles. The van der Waals surface area contributed by atoms with Gasteiger partial charge in [-0.1, -0.05) is 62.2 Å². The smallest absolute Gasteiger partial charge is 0.345 e.